The lowest BCUT2D eigenvalue weighted by molar-refractivity contribution is -0.139. The first-order valence-corrected chi connectivity index (χ1v) is 7.85. The topological polar surface area (TPSA) is 59.6 Å². The average Bonchev–Trinajstić information content (AvgIpc) is 2.89. The molecule has 2 bridgehead atoms. The number of rotatable bonds is 4. The zero-order chi connectivity index (χ0) is 14.2. The normalized spacial score (nSPS) is 38.9. The molecule has 2 N–H and O–H groups in total. The van der Waals surface area contributed by atoms with Crippen LogP contribution in [0.3, 0.4) is 0 Å². The van der Waals surface area contributed by atoms with Crippen LogP contribution in [0.1, 0.15) is 46.0 Å². The van der Waals surface area contributed by atoms with E-state index in [0.717, 1.165) is 12.8 Å². The number of carbonyl (C=O) groups is 1. The molecule has 3 rings (SSSR count). The molecular formula is C15H26N2O3. The summed E-state index contributed by atoms with van der Waals surface area (Å²) in [6.45, 7) is 4.92. The molecular weight excluding hydrogens is 256 g/mol. The number of amides is 1. The van der Waals surface area contributed by atoms with E-state index in [1.807, 2.05) is 13.8 Å². The van der Waals surface area contributed by atoms with Gasteiger partial charge in [-0.25, -0.2) is 0 Å². The molecule has 1 amide bonds. The van der Waals surface area contributed by atoms with Crippen LogP contribution in [0.4, 0.5) is 0 Å². The van der Waals surface area contributed by atoms with Crippen LogP contribution in [-0.2, 0) is 14.3 Å². The molecule has 0 aromatic heterocycles. The largest absolute Gasteiger partial charge is 0.353 e. The highest BCUT2D eigenvalue weighted by molar-refractivity contribution is 5.76. The maximum atomic E-state index is 12.0. The number of hydrogen-bond donors (Lipinski definition) is 2. The Bertz CT molecular complexity index is 360. The summed E-state index contributed by atoms with van der Waals surface area (Å²) in [6, 6.07) is 1.30. The number of fused-ring (bicyclic) bond motifs is 2. The molecule has 0 saturated carbocycles. The first-order valence-electron chi connectivity index (χ1n) is 7.85. The number of piperidine rings is 1. The molecule has 3 unspecified atom stereocenters. The standard InChI is InChI=1S/C15H26N2O3/c1-15(2)19-9-13(20-15)8-16-14(18)7-10-5-11-3-4-12(6-10)17-11/h10-13,17H,3-9H2,1-2H3,(H,16,18). The van der Waals surface area contributed by atoms with E-state index in [4.69, 9.17) is 9.47 Å². The van der Waals surface area contributed by atoms with E-state index in [9.17, 15) is 4.79 Å². The second-order valence-corrected chi connectivity index (χ2v) is 6.93. The van der Waals surface area contributed by atoms with Gasteiger partial charge in [0.1, 0.15) is 6.10 Å². The minimum Gasteiger partial charge on any atom is -0.353 e. The van der Waals surface area contributed by atoms with Crippen LogP contribution in [0.25, 0.3) is 0 Å². The first-order chi connectivity index (χ1) is 9.50. The van der Waals surface area contributed by atoms with Crippen molar-refractivity contribution in [3.63, 3.8) is 0 Å². The van der Waals surface area contributed by atoms with Gasteiger partial charge in [0.15, 0.2) is 5.79 Å². The maximum Gasteiger partial charge on any atom is 0.220 e. The summed E-state index contributed by atoms with van der Waals surface area (Å²) in [5, 5.41) is 6.61. The van der Waals surface area contributed by atoms with Gasteiger partial charge in [-0.05, 0) is 45.4 Å². The van der Waals surface area contributed by atoms with Gasteiger partial charge in [0.25, 0.3) is 0 Å². The van der Waals surface area contributed by atoms with Gasteiger partial charge in [0, 0.05) is 25.0 Å². The van der Waals surface area contributed by atoms with Crippen LogP contribution in [0.5, 0.6) is 0 Å². The van der Waals surface area contributed by atoms with E-state index in [0.29, 0.717) is 37.6 Å². The number of hydrogen-bond acceptors (Lipinski definition) is 4. The Labute approximate surface area is 120 Å². The summed E-state index contributed by atoms with van der Waals surface area (Å²) in [4.78, 5) is 12.0. The smallest absolute Gasteiger partial charge is 0.220 e. The molecule has 3 aliphatic heterocycles. The first kappa shape index (κ1) is 14.3. The van der Waals surface area contributed by atoms with Gasteiger partial charge in [-0.1, -0.05) is 0 Å². The van der Waals surface area contributed by atoms with Crippen molar-refractivity contribution in [2.24, 2.45) is 5.92 Å². The molecule has 0 aromatic rings. The molecule has 0 spiro atoms. The lowest BCUT2D eigenvalue weighted by atomic mass is 9.89. The highest BCUT2D eigenvalue weighted by Crippen LogP contribution is 2.32. The van der Waals surface area contributed by atoms with Crippen molar-refractivity contribution >= 4 is 5.91 Å². The molecule has 3 fully saturated rings. The quantitative estimate of drug-likeness (QED) is 0.813. The molecule has 5 nitrogen and oxygen atoms in total. The van der Waals surface area contributed by atoms with Crippen LogP contribution >= 0.6 is 0 Å². The maximum absolute atomic E-state index is 12.0. The molecule has 5 heteroatoms. The second-order valence-electron chi connectivity index (χ2n) is 6.93. The minimum atomic E-state index is -0.510. The summed E-state index contributed by atoms with van der Waals surface area (Å²) in [5.41, 5.74) is 0. The van der Waals surface area contributed by atoms with E-state index >= 15 is 0 Å². The van der Waals surface area contributed by atoms with Crippen molar-refractivity contribution in [1.29, 1.82) is 0 Å². The fourth-order valence-corrected chi connectivity index (χ4v) is 3.77. The second kappa shape index (κ2) is 5.62. The molecule has 0 aliphatic carbocycles. The van der Waals surface area contributed by atoms with Crippen molar-refractivity contribution in [2.45, 2.75) is 69.9 Å². The van der Waals surface area contributed by atoms with Crippen LogP contribution < -0.4 is 10.6 Å². The van der Waals surface area contributed by atoms with Crippen LogP contribution in [-0.4, -0.2) is 43.0 Å². The van der Waals surface area contributed by atoms with Gasteiger partial charge in [-0.15, -0.1) is 0 Å². The predicted molar refractivity (Wildman–Crippen MR) is 75.2 cm³/mol. The Morgan fingerprint density at radius 2 is 2.00 bits per heavy atom. The molecule has 0 aromatic carbocycles. The Hall–Kier alpha value is -0.650. The van der Waals surface area contributed by atoms with E-state index < -0.39 is 5.79 Å². The third-order valence-corrected chi connectivity index (χ3v) is 4.64. The highest BCUT2D eigenvalue weighted by atomic mass is 16.7. The molecule has 0 radical (unpaired) electrons. The summed E-state index contributed by atoms with van der Waals surface area (Å²) in [6.07, 6.45) is 5.51. The van der Waals surface area contributed by atoms with Crippen molar-refractivity contribution in [2.75, 3.05) is 13.2 Å². The zero-order valence-corrected chi connectivity index (χ0v) is 12.5. The third-order valence-electron chi connectivity index (χ3n) is 4.64. The summed E-state index contributed by atoms with van der Waals surface area (Å²) >= 11 is 0. The van der Waals surface area contributed by atoms with Crippen molar-refractivity contribution in [3.05, 3.63) is 0 Å². The highest BCUT2D eigenvalue weighted by Gasteiger charge is 2.35. The molecule has 114 valence electrons. The lowest BCUT2D eigenvalue weighted by Gasteiger charge is -2.28. The average molecular weight is 282 g/mol. The number of ether oxygens (including phenoxy) is 2. The SMILES string of the molecule is CC1(C)OCC(CNC(=O)CC2CC3CCC(C2)N3)O1. The van der Waals surface area contributed by atoms with Crippen LogP contribution in [0.2, 0.25) is 0 Å². The van der Waals surface area contributed by atoms with Crippen molar-refractivity contribution in [1.82, 2.24) is 10.6 Å². The van der Waals surface area contributed by atoms with E-state index in [-0.39, 0.29) is 12.0 Å². The van der Waals surface area contributed by atoms with Gasteiger partial charge in [0.2, 0.25) is 5.91 Å². The summed E-state index contributed by atoms with van der Waals surface area (Å²) < 4.78 is 11.2. The summed E-state index contributed by atoms with van der Waals surface area (Å²) in [7, 11) is 0. The lowest BCUT2D eigenvalue weighted by Crippen LogP contribution is -2.40. The third kappa shape index (κ3) is 3.51. The van der Waals surface area contributed by atoms with Crippen LogP contribution in [0, 0.1) is 5.92 Å². The van der Waals surface area contributed by atoms with Gasteiger partial charge in [0.05, 0.1) is 6.61 Å². The van der Waals surface area contributed by atoms with Crippen molar-refractivity contribution in [3.8, 4) is 0 Å². The molecule has 20 heavy (non-hydrogen) atoms. The van der Waals surface area contributed by atoms with Crippen LogP contribution in [0.15, 0.2) is 0 Å². The van der Waals surface area contributed by atoms with E-state index in [1.165, 1.54) is 12.8 Å². The molecule has 3 atom stereocenters. The Balaban J connectivity index is 1.37. The molecule has 3 aliphatic rings. The Morgan fingerprint density at radius 3 is 2.60 bits per heavy atom. The number of carbonyl (C=O) groups excluding carboxylic acids is 1. The Morgan fingerprint density at radius 1 is 1.30 bits per heavy atom. The minimum absolute atomic E-state index is 0.0156. The van der Waals surface area contributed by atoms with E-state index in [1.54, 1.807) is 0 Å². The zero-order valence-electron chi connectivity index (χ0n) is 12.5. The van der Waals surface area contributed by atoms with Gasteiger partial charge >= 0.3 is 0 Å². The predicted octanol–water partition coefficient (Wildman–Crippen LogP) is 1.17. The number of nitrogens with one attached hydrogen (secondary N) is 2. The monoisotopic (exact) mass is 282 g/mol. The fraction of sp³-hybridized carbons (Fsp3) is 0.933. The van der Waals surface area contributed by atoms with Gasteiger partial charge < -0.3 is 20.1 Å². The van der Waals surface area contributed by atoms with Gasteiger partial charge in [-0.2, -0.15) is 0 Å². The summed E-state index contributed by atoms with van der Waals surface area (Å²) in [5.74, 6) is 0.194. The molecule has 3 saturated heterocycles. The molecule has 3 heterocycles. The van der Waals surface area contributed by atoms with Crippen molar-refractivity contribution < 1.29 is 14.3 Å². The fourth-order valence-electron chi connectivity index (χ4n) is 3.77. The van der Waals surface area contributed by atoms with E-state index in [2.05, 4.69) is 10.6 Å². The Kier molecular flexibility index (Phi) is 4.02. The van der Waals surface area contributed by atoms with Gasteiger partial charge in [-0.3, -0.25) is 4.79 Å².